The van der Waals surface area contributed by atoms with Gasteiger partial charge in [-0.1, -0.05) is 24.1 Å². The lowest BCUT2D eigenvalue weighted by Crippen LogP contribution is -2.17. The Bertz CT molecular complexity index is 1500. The second kappa shape index (κ2) is 12.2. The molecule has 7 nitrogen and oxygen atoms in total. The van der Waals surface area contributed by atoms with E-state index in [1.54, 1.807) is 25.3 Å². The van der Waals surface area contributed by atoms with Gasteiger partial charge in [-0.05, 0) is 60.7 Å². The number of fused-ring (bicyclic) bond motifs is 1. The molecule has 1 aromatic heterocycles. The number of ether oxygens (including phenoxy) is 4. The van der Waals surface area contributed by atoms with Crippen molar-refractivity contribution in [2.24, 2.45) is 0 Å². The minimum absolute atomic E-state index is 0.120. The standard InChI is InChI=1S/C32H29FN2O5/c1-3-4-21(16-30(36)37-2)20-5-7-24(8-6-20)39-29-12-10-27-26(9-11-28(33)31(27)29)23-15-22(17-34)32(35-18-23)40-25-13-14-38-19-25/h5-9,11,15,18,21,25,29H,10,12-14,16,19H2,1-2H3/t21?,25?,29-/m1/s1. The summed E-state index contributed by atoms with van der Waals surface area (Å²) < 4.78 is 37.4. The Kier molecular flexibility index (Phi) is 8.28. The zero-order valence-corrected chi connectivity index (χ0v) is 22.4. The first-order valence-corrected chi connectivity index (χ1v) is 13.2. The number of aromatic nitrogens is 1. The van der Waals surface area contributed by atoms with Crippen LogP contribution in [0.25, 0.3) is 11.1 Å². The van der Waals surface area contributed by atoms with E-state index in [-0.39, 0.29) is 36.1 Å². The zero-order chi connectivity index (χ0) is 28.1. The topological polar surface area (TPSA) is 90.7 Å². The van der Waals surface area contributed by atoms with Crippen molar-refractivity contribution < 1.29 is 28.1 Å². The Morgan fingerprint density at radius 1 is 1.20 bits per heavy atom. The monoisotopic (exact) mass is 540 g/mol. The lowest BCUT2D eigenvalue weighted by Gasteiger charge is -2.18. The van der Waals surface area contributed by atoms with Crippen molar-refractivity contribution in [3.63, 3.8) is 0 Å². The van der Waals surface area contributed by atoms with Crippen LogP contribution in [0.2, 0.25) is 0 Å². The fourth-order valence-electron chi connectivity index (χ4n) is 5.22. The van der Waals surface area contributed by atoms with Crippen molar-refractivity contribution in [1.82, 2.24) is 4.98 Å². The number of methoxy groups -OCH3 is 1. The highest BCUT2D eigenvalue weighted by molar-refractivity contribution is 5.72. The summed E-state index contributed by atoms with van der Waals surface area (Å²) in [6, 6.07) is 14.4. The molecule has 0 amide bonds. The lowest BCUT2D eigenvalue weighted by atomic mass is 9.96. The van der Waals surface area contributed by atoms with Gasteiger partial charge < -0.3 is 18.9 Å². The number of nitriles is 1. The van der Waals surface area contributed by atoms with Gasteiger partial charge in [-0.15, -0.1) is 5.92 Å². The molecule has 3 atom stereocenters. The first-order valence-electron chi connectivity index (χ1n) is 13.2. The van der Waals surface area contributed by atoms with Crippen LogP contribution in [0.15, 0.2) is 48.7 Å². The summed E-state index contributed by atoms with van der Waals surface area (Å²) in [6.45, 7) is 2.83. The third kappa shape index (κ3) is 5.78. The third-order valence-electron chi connectivity index (χ3n) is 7.21. The van der Waals surface area contributed by atoms with Gasteiger partial charge >= 0.3 is 5.97 Å². The average Bonchev–Trinajstić information content (AvgIpc) is 3.64. The molecule has 8 heteroatoms. The summed E-state index contributed by atoms with van der Waals surface area (Å²) in [7, 11) is 1.36. The van der Waals surface area contributed by atoms with Crippen molar-refractivity contribution in [3.8, 4) is 40.7 Å². The van der Waals surface area contributed by atoms with Crippen molar-refractivity contribution >= 4 is 5.97 Å². The maximum Gasteiger partial charge on any atom is 0.307 e. The Balaban J connectivity index is 1.36. The normalized spacial score (nSPS) is 18.1. The summed E-state index contributed by atoms with van der Waals surface area (Å²) in [6.07, 6.45) is 3.23. The number of hydrogen-bond acceptors (Lipinski definition) is 7. The van der Waals surface area contributed by atoms with Gasteiger partial charge in [0.25, 0.3) is 0 Å². The van der Waals surface area contributed by atoms with Gasteiger partial charge in [0.1, 0.15) is 35.4 Å². The van der Waals surface area contributed by atoms with Gasteiger partial charge in [0.15, 0.2) is 0 Å². The van der Waals surface area contributed by atoms with E-state index in [4.69, 9.17) is 18.9 Å². The smallest absolute Gasteiger partial charge is 0.307 e. The summed E-state index contributed by atoms with van der Waals surface area (Å²) >= 11 is 0. The number of nitrogens with zero attached hydrogens (tertiary/aromatic N) is 2. The molecule has 1 aliphatic heterocycles. The fourth-order valence-corrected chi connectivity index (χ4v) is 5.22. The van der Waals surface area contributed by atoms with Gasteiger partial charge in [0.05, 0.1) is 32.7 Å². The molecule has 1 fully saturated rings. The number of hydrogen-bond donors (Lipinski definition) is 0. The van der Waals surface area contributed by atoms with E-state index in [1.165, 1.54) is 13.2 Å². The van der Waals surface area contributed by atoms with Gasteiger partial charge in [-0.2, -0.15) is 5.26 Å². The van der Waals surface area contributed by atoms with Crippen molar-refractivity contribution in [1.29, 1.82) is 5.26 Å². The number of carbonyl (C=O) groups excluding carboxylic acids is 1. The Morgan fingerprint density at radius 2 is 2.02 bits per heavy atom. The highest BCUT2D eigenvalue weighted by Gasteiger charge is 2.31. The quantitative estimate of drug-likeness (QED) is 0.269. The maximum absolute atomic E-state index is 15.1. The second-order valence-corrected chi connectivity index (χ2v) is 9.72. The van der Waals surface area contributed by atoms with E-state index in [1.807, 2.05) is 24.3 Å². The molecule has 0 N–H and O–H groups in total. The van der Waals surface area contributed by atoms with E-state index in [9.17, 15) is 10.1 Å². The Labute approximate surface area is 232 Å². The Morgan fingerprint density at radius 3 is 2.73 bits per heavy atom. The van der Waals surface area contributed by atoms with Crippen LogP contribution in [0.5, 0.6) is 11.6 Å². The average molecular weight is 541 g/mol. The van der Waals surface area contributed by atoms with Crippen LogP contribution in [-0.2, 0) is 20.7 Å². The number of rotatable bonds is 8. The fraction of sp³-hybridized carbons (Fsp3) is 0.344. The van der Waals surface area contributed by atoms with Crippen LogP contribution >= 0.6 is 0 Å². The first kappa shape index (κ1) is 27.2. The summed E-state index contributed by atoms with van der Waals surface area (Å²) in [5.41, 5.74) is 4.11. The van der Waals surface area contributed by atoms with Crippen LogP contribution in [-0.4, -0.2) is 37.4 Å². The van der Waals surface area contributed by atoms with Crippen LogP contribution in [0, 0.1) is 29.0 Å². The molecule has 204 valence electrons. The van der Waals surface area contributed by atoms with Crippen molar-refractivity contribution in [2.75, 3.05) is 20.3 Å². The van der Waals surface area contributed by atoms with Crippen molar-refractivity contribution in [2.45, 2.75) is 50.7 Å². The second-order valence-electron chi connectivity index (χ2n) is 9.72. The van der Waals surface area contributed by atoms with Gasteiger partial charge in [-0.25, -0.2) is 9.37 Å². The molecule has 2 unspecified atom stereocenters. The van der Waals surface area contributed by atoms with Crippen LogP contribution in [0.3, 0.4) is 0 Å². The Hall–Kier alpha value is -4.40. The molecule has 0 saturated carbocycles. The molecule has 0 radical (unpaired) electrons. The molecule has 2 heterocycles. The van der Waals surface area contributed by atoms with Crippen LogP contribution in [0.1, 0.15) is 60.5 Å². The minimum Gasteiger partial charge on any atom is -0.486 e. The molecule has 3 aromatic rings. The van der Waals surface area contributed by atoms with Crippen LogP contribution in [0.4, 0.5) is 4.39 Å². The number of pyridine rings is 1. The molecular formula is C32H29FN2O5. The minimum atomic E-state index is -0.463. The number of halogens is 1. The summed E-state index contributed by atoms with van der Waals surface area (Å²) in [5.74, 6) is 5.85. The molecule has 2 aliphatic rings. The molecule has 0 spiro atoms. The summed E-state index contributed by atoms with van der Waals surface area (Å²) in [4.78, 5) is 16.2. The zero-order valence-electron chi connectivity index (χ0n) is 22.4. The number of benzene rings is 2. The number of carbonyl (C=O) groups is 1. The largest absolute Gasteiger partial charge is 0.486 e. The van der Waals surface area contributed by atoms with Crippen molar-refractivity contribution in [3.05, 3.63) is 76.7 Å². The van der Waals surface area contributed by atoms with E-state index in [2.05, 4.69) is 22.9 Å². The molecule has 0 bridgehead atoms. The third-order valence-corrected chi connectivity index (χ3v) is 7.21. The molecule has 1 saturated heterocycles. The highest BCUT2D eigenvalue weighted by Crippen LogP contribution is 2.42. The van der Waals surface area contributed by atoms with Gasteiger partial charge in [0, 0.05) is 23.7 Å². The lowest BCUT2D eigenvalue weighted by molar-refractivity contribution is -0.140. The molecular weight excluding hydrogens is 511 g/mol. The molecule has 1 aliphatic carbocycles. The van der Waals surface area contributed by atoms with Gasteiger partial charge in [0.2, 0.25) is 5.88 Å². The summed E-state index contributed by atoms with van der Waals surface area (Å²) in [5, 5.41) is 9.74. The van der Waals surface area contributed by atoms with Gasteiger partial charge in [-0.3, -0.25) is 4.79 Å². The molecule has 5 rings (SSSR count). The molecule has 2 aromatic carbocycles. The van der Waals surface area contributed by atoms with Crippen LogP contribution < -0.4 is 9.47 Å². The van der Waals surface area contributed by atoms with E-state index in [0.29, 0.717) is 42.9 Å². The van der Waals surface area contributed by atoms with E-state index in [0.717, 1.165) is 28.7 Å². The molecule has 40 heavy (non-hydrogen) atoms. The predicted molar refractivity (Wildman–Crippen MR) is 145 cm³/mol. The van der Waals surface area contributed by atoms with E-state index < -0.39 is 6.10 Å². The SMILES string of the molecule is CC#CC(CC(=O)OC)c1ccc(O[C@@H]2CCc3c(-c4cnc(OC5CCOC5)c(C#N)c4)ccc(F)c32)cc1. The number of esters is 1. The first-order chi connectivity index (χ1) is 19.5. The predicted octanol–water partition coefficient (Wildman–Crippen LogP) is 5.66. The highest BCUT2D eigenvalue weighted by atomic mass is 19.1. The van der Waals surface area contributed by atoms with E-state index >= 15 is 4.39 Å². The maximum atomic E-state index is 15.1.